The van der Waals surface area contributed by atoms with Crippen molar-refractivity contribution in [3.8, 4) is 11.7 Å². The Labute approximate surface area is 234 Å². The number of aryl methyl sites for hydroxylation is 1. The molecule has 1 atom stereocenters. The maximum absolute atomic E-state index is 13.4. The summed E-state index contributed by atoms with van der Waals surface area (Å²) < 4.78 is 35.8. The van der Waals surface area contributed by atoms with Crippen LogP contribution in [0, 0.1) is 30.6 Å². The Morgan fingerprint density at radius 3 is 2.52 bits per heavy atom. The van der Waals surface area contributed by atoms with Gasteiger partial charge in [0.15, 0.2) is 5.82 Å². The molecule has 12 heteroatoms. The normalized spacial score (nSPS) is 20.7. The lowest BCUT2D eigenvalue weighted by molar-refractivity contribution is 0.0981. The number of aromatic nitrogens is 5. The first kappa shape index (κ1) is 26.8. The first-order chi connectivity index (χ1) is 19.0. The van der Waals surface area contributed by atoms with Gasteiger partial charge in [0.25, 0.3) is 15.9 Å². The van der Waals surface area contributed by atoms with Gasteiger partial charge in [0, 0.05) is 24.3 Å². The fraction of sp³-hybridized carbons (Fsp3) is 0.571. The average molecular weight is 568 g/mol. The molecule has 214 valence electrons. The van der Waals surface area contributed by atoms with Crippen molar-refractivity contribution in [1.29, 1.82) is 0 Å². The van der Waals surface area contributed by atoms with E-state index in [2.05, 4.69) is 45.7 Å². The van der Waals surface area contributed by atoms with Crippen LogP contribution in [-0.4, -0.2) is 58.0 Å². The molecule has 40 heavy (non-hydrogen) atoms. The van der Waals surface area contributed by atoms with Crippen LogP contribution in [0.1, 0.15) is 68.9 Å². The third kappa shape index (κ3) is 5.33. The second kappa shape index (κ2) is 9.90. The lowest BCUT2D eigenvalue weighted by Gasteiger charge is -2.34. The first-order valence-corrected chi connectivity index (χ1v) is 15.5. The van der Waals surface area contributed by atoms with E-state index in [1.807, 2.05) is 6.07 Å². The molecule has 1 amide bonds. The van der Waals surface area contributed by atoms with Crippen LogP contribution in [0.4, 0.5) is 5.82 Å². The van der Waals surface area contributed by atoms with Gasteiger partial charge in [-0.05, 0) is 88.7 Å². The van der Waals surface area contributed by atoms with Crippen molar-refractivity contribution in [3.05, 3.63) is 41.9 Å². The molecule has 3 aromatic heterocycles. The number of sulfonamides is 1. The fourth-order valence-corrected chi connectivity index (χ4v) is 7.25. The second-order valence-electron chi connectivity index (χ2n) is 12.3. The summed E-state index contributed by atoms with van der Waals surface area (Å²) in [5.41, 5.74) is 0.246. The van der Waals surface area contributed by atoms with Crippen molar-refractivity contribution in [2.75, 3.05) is 18.1 Å². The van der Waals surface area contributed by atoms with Crippen LogP contribution in [0.25, 0.3) is 5.82 Å². The van der Waals surface area contributed by atoms with Crippen molar-refractivity contribution in [1.82, 2.24) is 29.7 Å². The third-order valence-corrected chi connectivity index (χ3v) is 9.86. The standard InChI is InChI=1S/C28H37N7O4S/c1-17-13-28(3,4)34(15-17)26-21(27(36)33-40(37,38)23-14-29-31-18(23)2)9-10-24(30-26)35-12-11-25(32-35)39-16-22(19-5-6-19)20-7-8-20/h9-12,14,17,19-20,22H,5-8,13,15-16H2,1-4H3,(H,29,31)(H,33,36)/t17-/m0/s1. The SMILES string of the molecule is Cc1[nH]ncc1S(=O)(=O)NC(=O)c1ccc(-n2ccc(OCC(C3CC3)C3CC3)n2)nc1N1C[C@@H](C)CC1(C)C. The molecule has 2 saturated carbocycles. The Kier molecular flexibility index (Phi) is 6.63. The molecule has 6 rings (SSSR count). The molecule has 4 heterocycles. The van der Waals surface area contributed by atoms with Crippen molar-refractivity contribution in [3.63, 3.8) is 0 Å². The number of rotatable bonds is 10. The highest BCUT2D eigenvalue weighted by Crippen LogP contribution is 2.49. The zero-order valence-corrected chi connectivity index (χ0v) is 24.2. The number of anilines is 1. The Balaban J connectivity index is 1.28. The van der Waals surface area contributed by atoms with Crippen LogP contribution in [-0.2, 0) is 10.0 Å². The van der Waals surface area contributed by atoms with Crippen LogP contribution in [0.5, 0.6) is 5.88 Å². The Morgan fingerprint density at radius 1 is 1.20 bits per heavy atom. The molecule has 0 unspecified atom stereocenters. The molecule has 3 aromatic rings. The van der Waals surface area contributed by atoms with Gasteiger partial charge in [0.2, 0.25) is 5.88 Å². The minimum atomic E-state index is -4.12. The Morgan fingerprint density at radius 2 is 1.93 bits per heavy atom. The summed E-state index contributed by atoms with van der Waals surface area (Å²) in [5.74, 6) is 3.33. The summed E-state index contributed by atoms with van der Waals surface area (Å²) in [5, 5.41) is 11.0. The van der Waals surface area contributed by atoms with E-state index in [1.165, 1.54) is 31.9 Å². The lowest BCUT2D eigenvalue weighted by atomic mass is 9.97. The molecular formula is C28H37N7O4S. The van der Waals surface area contributed by atoms with Crippen LogP contribution in [0.2, 0.25) is 0 Å². The van der Waals surface area contributed by atoms with Crippen molar-refractivity contribution < 1.29 is 17.9 Å². The van der Waals surface area contributed by atoms with E-state index in [9.17, 15) is 13.2 Å². The largest absolute Gasteiger partial charge is 0.476 e. The van der Waals surface area contributed by atoms with E-state index in [-0.39, 0.29) is 16.0 Å². The quantitative estimate of drug-likeness (QED) is 0.377. The van der Waals surface area contributed by atoms with Gasteiger partial charge in [-0.3, -0.25) is 9.89 Å². The number of nitrogens with zero attached hydrogens (tertiary/aromatic N) is 5. The molecular weight excluding hydrogens is 530 g/mol. The van der Waals surface area contributed by atoms with E-state index >= 15 is 0 Å². The fourth-order valence-electron chi connectivity index (χ4n) is 6.15. The summed E-state index contributed by atoms with van der Waals surface area (Å²) in [7, 11) is -4.12. The number of carbonyl (C=O) groups is 1. The molecule has 1 aliphatic heterocycles. The highest BCUT2D eigenvalue weighted by molar-refractivity contribution is 7.90. The molecule has 2 N–H and O–H groups in total. The molecule has 0 bridgehead atoms. The van der Waals surface area contributed by atoms with E-state index in [0.29, 0.717) is 48.2 Å². The summed E-state index contributed by atoms with van der Waals surface area (Å²) in [6, 6.07) is 5.12. The van der Waals surface area contributed by atoms with Gasteiger partial charge in [-0.2, -0.15) is 5.10 Å². The Hall–Kier alpha value is -3.41. The molecule has 2 aliphatic carbocycles. The topological polar surface area (TPSA) is 135 Å². The number of hydrogen-bond donors (Lipinski definition) is 2. The molecule has 0 radical (unpaired) electrons. The molecule has 1 saturated heterocycles. The number of H-pyrrole nitrogens is 1. The summed E-state index contributed by atoms with van der Waals surface area (Å²) in [6.07, 6.45) is 9.12. The van der Waals surface area contributed by atoms with Gasteiger partial charge < -0.3 is 9.64 Å². The summed E-state index contributed by atoms with van der Waals surface area (Å²) in [6.45, 7) is 9.33. The van der Waals surface area contributed by atoms with Gasteiger partial charge >= 0.3 is 0 Å². The van der Waals surface area contributed by atoms with Crippen LogP contribution < -0.4 is 14.4 Å². The number of aromatic amines is 1. The molecule has 0 spiro atoms. The highest BCUT2D eigenvalue weighted by atomic mass is 32.2. The number of pyridine rings is 1. The number of amides is 1. The maximum atomic E-state index is 13.4. The van der Waals surface area contributed by atoms with Gasteiger partial charge in [0.1, 0.15) is 10.7 Å². The van der Waals surface area contributed by atoms with Gasteiger partial charge in [-0.1, -0.05) is 6.92 Å². The van der Waals surface area contributed by atoms with E-state index in [4.69, 9.17) is 9.72 Å². The highest BCUT2D eigenvalue weighted by Gasteiger charge is 2.42. The Bertz CT molecular complexity index is 1510. The molecule has 3 aliphatic rings. The third-order valence-electron chi connectivity index (χ3n) is 8.41. The van der Waals surface area contributed by atoms with E-state index in [1.54, 1.807) is 29.9 Å². The monoisotopic (exact) mass is 567 g/mol. The van der Waals surface area contributed by atoms with Crippen molar-refractivity contribution >= 4 is 21.7 Å². The number of carbonyl (C=O) groups excluding carboxylic acids is 1. The van der Waals surface area contributed by atoms with Gasteiger partial charge in [-0.25, -0.2) is 22.8 Å². The zero-order valence-electron chi connectivity index (χ0n) is 23.4. The van der Waals surface area contributed by atoms with E-state index in [0.717, 1.165) is 18.3 Å². The second-order valence-corrected chi connectivity index (χ2v) is 14.0. The number of nitrogens with one attached hydrogen (secondary N) is 2. The summed E-state index contributed by atoms with van der Waals surface area (Å²) >= 11 is 0. The minimum Gasteiger partial charge on any atom is -0.476 e. The summed E-state index contributed by atoms with van der Waals surface area (Å²) in [4.78, 5) is 20.3. The smallest absolute Gasteiger partial charge is 0.268 e. The number of ether oxygens (including phenoxy) is 1. The number of hydrogen-bond acceptors (Lipinski definition) is 8. The maximum Gasteiger partial charge on any atom is 0.268 e. The van der Waals surface area contributed by atoms with E-state index < -0.39 is 15.9 Å². The molecule has 11 nitrogen and oxygen atoms in total. The zero-order chi connectivity index (χ0) is 28.2. The van der Waals surface area contributed by atoms with Crippen LogP contribution in [0.15, 0.2) is 35.5 Å². The molecule has 3 fully saturated rings. The molecule has 0 aromatic carbocycles. The minimum absolute atomic E-state index is 0.0724. The predicted octanol–water partition coefficient (Wildman–Crippen LogP) is 3.86. The average Bonchev–Trinajstić information content (AvgIpc) is 3.79. The first-order valence-electron chi connectivity index (χ1n) is 14.1. The van der Waals surface area contributed by atoms with Crippen LogP contribution in [0.3, 0.4) is 0 Å². The predicted molar refractivity (Wildman–Crippen MR) is 149 cm³/mol. The van der Waals surface area contributed by atoms with Crippen molar-refractivity contribution in [2.45, 2.75) is 70.2 Å². The van der Waals surface area contributed by atoms with Gasteiger partial charge in [-0.15, -0.1) is 5.10 Å². The van der Waals surface area contributed by atoms with Gasteiger partial charge in [0.05, 0.1) is 24.1 Å². The lowest BCUT2D eigenvalue weighted by Crippen LogP contribution is -2.41. The van der Waals surface area contributed by atoms with Crippen molar-refractivity contribution in [2.24, 2.45) is 23.7 Å². The van der Waals surface area contributed by atoms with Crippen LogP contribution >= 0.6 is 0 Å².